The summed E-state index contributed by atoms with van der Waals surface area (Å²) < 4.78 is 19.0. The van der Waals surface area contributed by atoms with Gasteiger partial charge in [-0.15, -0.1) is 0 Å². The highest BCUT2D eigenvalue weighted by Gasteiger charge is 2.44. The van der Waals surface area contributed by atoms with Gasteiger partial charge in [0.1, 0.15) is 12.3 Å². The van der Waals surface area contributed by atoms with Crippen LogP contribution in [0.5, 0.6) is 0 Å². The lowest BCUT2D eigenvalue weighted by Gasteiger charge is -2.40. The molecule has 148 valence electrons. The Morgan fingerprint density at radius 1 is 1.21 bits per heavy atom. The van der Waals surface area contributed by atoms with E-state index in [1.165, 1.54) is 18.2 Å². The molecule has 1 fully saturated rings. The number of halogens is 2. The Morgan fingerprint density at radius 3 is 2.61 bits per heavy atom. The molecule has 0 spiro atoms. The lowest BCUT2D eigenvalue weighted by Crippen LogP contribution is -2.56. The molecular weight excluding hydrogens is 385 g/mol. The highest BCUT2D eigenvalue weighted by atomic mass is 35.5. The van der Waals surface area contributed by atoms with Gasteiger partial charge < -0.3 is 15.8 Å². The first kappa shape index (κ1) is 20.1. The van der Waals surface area contributed by atoms with Crippen LogP contribution in [0.25, 0.3) is 0 Å². The monoisotopic (exact) mass is 405 g/mol. The van der Waals surface area contributed by atoms with Crippen LogP contribution in [-0.2, 0) is 11.3 Å². The standard InChI is InChI=1S/C20H21ClFN3O3/c21-15-6-14(18(26)24-17-9-20(22,10-17)12-23)7-16(8-15)25-19(27)28-11-13-4-2-1-3-5-13/h1-8,17H,9-12,23H2,(H,24,26)(H,25,27). The Balaban J connectivity index is 1.56. The number of nitrogens with one attached hydrogen (secondary N) is 2. The minimum atomic E-state index is -1.40. The molecular formula is C20H21ClFN3O3. The third-order valence-electron chi connectivity index (χ3n) is 4.54. The van der Waals surface area contributed by atoms with E-state index >= 15 is 0 Å². The van der Waals surface area contributed by atoms with Gasteiger partial charge in [-0.2, -0.15) is 0 Å². The molecule has 1 aliphatic rings. The van der Waals surface area contributed by atoms with Crippen molar-refractivity contribution in [3.63, 3.8) is 0 Å². The number of nitrogens with two attached hydrogens (primary N) is 1. The quantitative estimate of drug-likeness (QED) is 0.683. The summed E-state index contributed by atoms with van der Waals surface area (Å²) in [5.41, 5.74) is 5.40. The molecule has 2 amide bonds. The van der Waals surface area contributed by atoms with Crippen molar-refractivity contribution < 1.29 is 18.7 Å². The molecule has 28 heavy (non-hydrogen) atoms. The highest BCUT2D eigenvalue weighted by Crippen LogP contribution is 2.35. The summed E-state index contributed by atoms with van der Waals surface area (Å²) >= 11 is 6.05. The topological polar surface area (TPSA) is 93.5 Å². The number of anilines is 1. The molecule has 2 aromatic carbocycles. The average Bonchev–Trinajstić information content (AvgIpc) is 2.65. The molecule has 8 heteroatoms. The predicted molar refractivity (Wildman–Crippen MR) is 105 cm³/mol. The molecule has 0 radical (unpaired) electrons. The fourth-order valence-corrected chi connectivity index (χ4v) is 3.27. The van der Waals surface area contributed by atoms with E-state index in [0.29, 0.717) is 5.69 Å². The molecule has 3 rings (SSSR count). The largest absolute Gasteiger partial charge is 0.444 e. The van der Waals surface area contributed by atoms with Gasteiger partial charge in [0.25, 0.3) is 5.91 Å². The second kappa shape index (κ2) is 8.58. The minimum Gasteiger partial charge on any atom is -0.444 e. The van der Waals surface area contributed by atoms with Gasteiger partial charge in [0.15, 0.2) is 0 Å². The third kappa shape index (κ3) is 5.21. The summed E-state index contributed by atoms with van der Waals surface area (Å²) in [4.78, 5) is 24.4. The van der Waals surface area contributed by atoms with Crippen molar-refractivity contribution >= 4 is 29.3 Å². The first-order valence-corrected chi connectivity index (χ1v) is 9.23. The van der Waals surface area contributed by atoms with Crippen molar-refractivity contribution in [2.75, 3.05) is 11.9 Å². The highest BCUT2D eigenvalue weighted by molar-refractivity contribution is 6.31. The summed E-state index contributed by atoms with van der Waals surface area (Å²) in [5, 5.41) is 5.57. The average molecular weight is 406 g/mol. The molecule has 1 aliphatic carbocycles. The molecule has 0 heterocycles. The Kier molecular flexibility index (Phi) is 6.16. The van der Waals surface area contributed by atoms with Gasteiger partial charge >= 0.3 is 6.09 Å². The zero-order valence-electron chi connectivity index (χ0n) is 15.1. The lowest BCUT2D eigenvalue weighted by molar-refractivity contribution is 0.0359. The van der Waals surface area contributed by atoms with Crippen LogP contribution < -0.4 is 16.4 Å². The van der Waals surface area contributed by atoms with Crippen LogP contribution in [0.2, 0.25) is 5.02 Å². The first-order valence-electron chi connectivity index (χ1n) is 8.85. The fourth-order valence-electron chi connectivity index (χ4n) is 3.03. The zero-order valence-corrected chi connectivity index (χ0v) is 15.8. The van der Waals surface area contributed by atoms with Crippen LogP contribution in [0, 0.1) is 0 Å². The zero-order chi connectivity index (χ0) is 20.1. The van der Waals surface area contributed by atoms with Crippen molar-refractivity contribution in [2.45, 2.75) is 31.2 Å². The number of hydrogen-bond donors (Lipinski definition) is 3. The van der Waals surface area contributed by atoms with Crippen LogP contribution in [0.1, 0.15) is 28.8 Å². The molecule has 1 saturated carbocycles. The van der Waals surface area contributed by atoms with E-state index < -0.39 is 17.7 Å². The molecule has 0 saturated heterocycles. The molecule has 4 N–H and O–H groups in total. The summed E-state index contributed by atoms with van der Waals surface area (Å²) in [7, 11) is 0. The SMILES string of the molecule is NCC1(F)CC(NC(=O)c2cc(Cl)cc(NC(=O)OCc3ccccc3)c2)C1. The number of ether oxygens (including phenoxy) is 1. The van der Waals surface area contributed by atoms with E-state index in [2.05, 4.69) is 10.6 Å². The second-order valence-electron chi connectivity index (χ2n) is 6.85. The molecule has 0 atom stereocenters. The Hall–Kier alpha value is -2.64. The molecule has 0 aliphatic heterocycles. The van der Waals surface area contributed by atoms with Crippen molar-refractivity contribution in [1.29, 1.82) is 0 Å². The summed E-state index contributed by atoms with van der Waals surface area (Å²) in [5.74, 6) is -0.396. The predicted octanol–water partition coefficient (Wildman–Crippen LogP) is 3.65. The Morgan fingerprint density at radius 2 is 1.93 bits per heavy atom. The van der Waals surface area contributed by atoms with E-state index in [0.717, 1.165) is 5.56 Å². The number of rotatable bonds is 6. The minimum absolute atomic E-state index is 0.0598. The van der Waals surface area contributed by atoms with Gasteiger partial charge in [0.2, 0.25) is 0 Å². The maximum atomic E-state index is 13.8. The van der Waals surface area contributed by atoms with Crippen molar-refractivity contribution in [1.82, 2.24) is 5.32 Å². The van der Waals surface area contributed by atoms with Gasteiger partial charge in [-0.3, -0.25) is 10.1 Å². The molecule has 0 aromatic heterocycles. The number of carbonyl (C=O) groups is 2. The van der Waals surface area contributed by atoms with Crippen LogP contribution in [0.4, 0.5) is 14.9 Å². The maximum Gasteiger partial charge on any atom is 0.411 e. The van der Waals surface area contributed by atoms with E-state index in [-0.39, 0.29) is 42.6 Å². The third-order valence-corrected chi connectivity index (χ3v) is 4.76. The first-order chi connectivity index (χ1) is 13.4. The van der Waals surface area contributed by atoms with Crippen LogP contribution >= 0.6 is 11.6 Å². The van der Waals surface area contributed by atoms with E-state index in [1.807, 2.05) is 30.3 Å². The van der Waals surface area contributed by atoms with E-state index in [9.17, 15) is 14.0 Å². The molecule has 6 nitrogen and oxygen atoms in total. The number of alkyl halides is 1. The van der Waals surface area contributed by atoms with Gasteiger partial charge in [-0.25, -0.2) is 9.18 Å². The normalized spacial score (nSPS) is 20.8. The van der Waals surface area contributed by atoms with Crippen LogP contribution in [0.15, 0.2) is 48.5 Å². The van der Waals surface area contributed by atoms with E-state index in [1.54, 1.807) is 0 Å². The Labute approximate surface area is 167 Å². The van der Waals surface area contributed by atoms with Crippen molar-refractivity contribution in [3.05, 3.63) is 64.7 Å². The van der Waals surface area contributed by atoms with Gasteiger partial charge in [-0.05, 0) is 23.8 Å². The number of carbonyl (C=O) groups excluding carboxylic acids is 2. The molecule has 0 unspecified atom stereocenters. The smallest absolute Gasteiger partial charge is 0.411 e. The van der Waals surface area contributed by atoms with Gasteiger partial charge in [0.05, 0.1) is 0 Å². The van der Waals surface area contributed by atoms with Gasteiger partial charge in [0, 0.05) is 41.7 Å². The Bertz CT molecular complexity index is 857. The lowest BCUT2D eigenvalue weighted by atomic mass is 9.77. The number of benzene rings is 2. The van der Waals surface area contributed by atoms with Crippen molar-refractivity contribution in [3.8, 4) is 0 Å². The second-order valence-corrected chi connectivity index (χ2v) is 7.29. The summed E-state index contributed by atoms with van der Waals surface area (Å²) in [6.07, 6.45) is -0.291. The number of amides is 2. The van der Waals surface area contributed by atoms with E-state index in [4.69, 9.17) is 22.1 Å². The molecule has 2 aromatic rings. The fraction of sp³-hybridized carbons (Fsp3) is 0.300. The van der Waals surface area contributed by atoms with Crippen molar-refractivity contribution in [2.24, 2.45) is 5.73 Å². The van der Waals surface area contributed by atoms with Crippen LogP contribution in [0.3, 0.4) is 0 Å². The molecule has 0 bridgehead atoms. The van der Waals surface area contributed by atoms with Crippen LogP contribution in [-0.4, -0.2) is 30.3 Å². The maximum absolute atomic E-state index is 13.8. The number of hydrogen-bond acceptors (Lipinski definition) is 4. The summed E-state index contributed by atoms with van der Waals surface area (Å²) in [6, 6.07) is 13.4. The van der Waals surface area contributed by atoms with Gasteiger partial charge in [-0.1, -0.05) is 41.9 Å². The summed E-state index contributed by atoms with van der Waals surface area (Å²) in [6.45, 7) is 0.0596.